The lowest BCUT2D eigenvalue weighted by molar-refractivity contribution is 0.306. The van der Waals surface area contributed by atoms with Crippen LogP contribution in [0.25, 0.3) is 0 Å². The molecule has 0 spiro atoms. The zero-order chi connectivity index (χ0) is 14.0. The van der Waals surface area contributed by atoms with E-state index in [1.54, 1.807) is 0 Å². The second-order valence-corrected chi connectivity index (χ2v) is 5.07. The Morgan fingerprint density at radius 1 is 1.00 bits per heavy atom. The van der Waals surface area contributed by atoms with Gasteiger partial charge in [0.05, 0.1) is 6.61 Å². The SMILES string of the molecule is CCCCOc1c[c]ccc1CCCc1ccccc1. The lowest BCUT2D eigenvalue weighted by atomic mass is 10.0. The van der Waals surface area contributed by atoms with Crippen LogP contribution < -0.4 is 4.74 Å². The third-order valence-corrected chi connectivity index (χ3v) is 3.42. The lowest BCUT2D eigenvalue weighted by Gasteiger charge is -2.11. The minimum atomic E-state index is 0.806. The van der Waals surface area contributed by atoms with Crippen molar-refractivity contribution in [3.05, 3.63) is 65.7 Å². The summed E-state index contributed by atoms with van der Waals surface area (Å²) in [5.41, 5.74) is 2.71. The molecule has 0 aliphatic rings. The molecule has 0 aromatic heterocycles. The Labute approximate surface area is 122 Å². The van der Waals surface area contributed by atoms with Gasteiger partial charge in [-0.1, -0.05) is 55.8 Å². The van der Waals surface area contributed by atoms with Gasteiger partial charge in [-0.3, -0.25) is 0 Å². The highest BCUT2D eigenvalue weighted by atomic mass is 16.5. The van der Waals surface area contributed by atoms with E-state index in [-0.39, 0.29) is 0 Å². The van der Waals surface area contributed by atoms with Crippen LogP contribution in [-0.4, -0.2) is 6.61 Å². The van der Waals surface area contributed by atoms with E-state index in [1.807, 2.05) is 12.1 Å². The summed E-state index contributed by atoms with van der Waals surface area (Å²) < 4.78 is 5.85. The van der Waals surface area contributed by atoms with Gasteiger partial charge in [-0.05, 0) is 48.9 Å². The van der Waals surface area contributed by atoms with Crippen LogP contribution in [0.1, 0.15) is 37.3 Å². The summed E-state index contributed by atoms with van der Waals surface area (Å²) >= 11 is 0. The van der Waals surface area contributed by atoms with E-state index >= 15 is 0 Å². The summed E-state index contributed by atoms with van der Waals surface area (Å²) in [7, 11) is 0. The average Bonchev–Trinajstić information content (AvgIpc) is 2.50. The normalized spacial score (nSPS) is 10.4. The van der Waals surface area contributed by atoms with E-state index < -0.39 is 0 Å². The molecule has 0 fully saturated rings. The van der Waals surface area contributed by atoms with Crippen molar-refractivity contribution in [3.8, 4) is 5.75 Å². The Bertz CT molecular complexity index is 490. The number of aryl methyl sites for hydroxylation is 2. The van der Waals surface area contributed by atoms with Gasteiger partial charge in [0.1, 0.15) is 5.75 Å². The highest BCUT2D eigenvalue weighted by Gasteiger charge is 2.03. The minimum absolute atomic E-state index is 0.806. The molecule has 2 aromatic rings. The smallest absolute Gasteiger partial charge is 0.123 e. The van der Waals surface area contributed by atoms with Crippen molar-refractivity contribution in [1.29, 1.82) is 0 Å². The number of benzene rings is 2. The second kappa shape index (κ2) is 8.42. The zero-order valence-corrected chi connectivity index (χ0v) is 12.3. The number of unbranched alkanes of at least 4 members (excludes halogenated alkanes) is 1. The molecule has 0 saturated carbocycles. The Morgan fingerprint density at radius 2 is 1.85 bits per heavy atom. The number of hydrogen-bond donors (Lipinski definition) is 0. The van der Waals surface area contributed by atoms with Gasteiger partial charge >= 0.3 is 0 Å². The first kappa shape index (κ1) is 14.6. The molecule has 0 saturated heterocycles. The molecule has 105 valence electrons. The third-order valence-electron chi connectivity index (χ3n) is 3.42. The minimum Gasteiger partial charge on any atom is -0.493 e. The summed E-state index contributed by atoms with van der Waals surface area (Å²) in [6.07, 6.45) is 5.61. The molecule has 0 atom stereocenters. The van der Waals surface area contributed by atoms with Crippen LogP contribution in [0, 0.1) is 6.07 Å². The maximum atomic E-state index is 5.85. The first-order chi connectivity index (χ1) is 9.90. The molecular weight excluding hydrogens is 244 g/mol. The summed E-state index contributed by atoms with van der Waals surface area (Å²) in [4.78, 5) is 0. The van der Waals surface area contributed by atoms with Gasteiger partial charge in [0, 0.05) is 0 Å². The van der Waals surface area contributed by atoms with Crippen molar-refractivity contribution >= 4 is 0 Å². The number of ether oxygens (including phenoxy) is 1. The molecule has 0 N–H and O–H groups in total. The quantitative estimate of drug-likeness (QED) is 0.622. The third kappa shape index (κ3) is 4.73. The van der Waals surface area contributed by atoms with Crippen molar-refractivity contribution < 1.29 is 4.74 Å². The standard InChI is InChI=1S/C19H23O/c1-2-3-16-20-19-15-8-7-13-18(19)14-9-12-17-10-5-4-6-11-17/h4-7,10-11,13,15H,2-3,9,12,14,16H2,1H3. The number of rotatable bonds is 8. The molecule has 0 amide bonds. The summed E-state index contributed by atoms with van der Waals surface area (Å²) in [5.74, 6) is 1.01. The van der Waals surface area contributed by atoms with Gasteiger partial charge in [0.2, 0.25) is 0 Å². The van der Waals surface area contributed by atoms with Crippen molar-refractivity contribution in [2.45, 2.75) is 39.0 Å². The molecule has 2 aromatic carbocycles. The van der Waals surface area contributed by atoms with Gasteiger partial charge < -0.3 is 4.74 Å². The largest absolute Gasteiger partial charge is 0.493 e. The van der Waals surface area contributed by atoms with E-state index in [2.05, 4.69) is 49.4 Å². The monoisotopic (exact) mass is 267 g/mol. The molecule has 0 bridgehead atoms. The Balaban J connectivity index is 1.85. The molecule has 0 heterocycles. The molecule has 1 heteroatoms. The summed E-state index contributed by atoms with van der Waals surface area (Å²) in [6.45, 7) is 2.99. The van der Waals surface area contributed by atoms with E-state index in [0.29, 0.717) is 0 Å². The first-order valence-corrected chi connectivity index (χ1v) is 7.56. The maximum absolute atomic E-state index is 5.85. The fourth-order valence-corrected chi connectivity index (χ4v) is 2.24. The van der Waals surface area contributed by atoms with Gasteiger partial charge in [0.25, 0.3) is 0 Å². The predicted molar refractivity (Wildman–Crippen MR) is 84.1 cm³/mol. The Hall–Kier alpha value is -1.76. The van der Waals surface area contributed by atoms with Crippen LogP contribution in [0.15, 0.2) is 48.5 Å². The van der Waals surface area contributed by atoms with Gasteiger partial charge in [-0.25, -0.2) is 0 Å². The van der Waals surface area contributed by atoms with E-state index in [1.165, 1.54) is 17.5 Å². The van der Waals surface area contributed by atoms with Crippen LogP contribution in [-0.2, 0) is 12.8 Å². The average molecular weight is 267 g/mol. The van der Waals surface area contributed by atoms with Gasteiger partial charge in [0.15, 0.2) is 0 Å². The van der Waals surface area contributed by atoms with Crippen molar-refractivity contribution in [2.75, 3.05) is 6.61 Å². The van der Waals surface area contributed by atoms with Crippen LogP contribution in [0.4, 0.5) is 0 Å². The maximum Gasteiger partial charge on any atom is 0.123 e. The van der Waals surface area contributed by atoms with Crippen LogP contribution in [0.5, 0.6) is 5.75 Å². The lowest BCUT2D eigenvalue weighted by Crippen LogP contribution is -2.00. The topological polar surface area (TPSA) is 9.23 Å². The Kier molecular flexibility index (Phi) is 6.16. The highest BCUT2D eigenvalue weighted by Crippen LogP contribution is 2.20. The van der Waals surface area contributed by atoms with Crippen molar-refractivity contribution in [3.63, 3.8) is 0 Å². The molecule has 1 radical (unpaired) electrons. The van der Waals surface area contributed by atoms with Crippen LogP contribution in [0.3, 0.4) is 0 Å². The molecule has 1 nitrogen and oxygen atoms in total. The Morgan fingerprint density at radius 3 is 2.65 bits per heavy atom. The first-order valence-electron chi connectivity index (χ1n) is 7.56. The second-order valence-electron chi connectivity index (χ2n) is 5.07. The predicted octanol–water partition coefficient (Wildman–Crippen LogP) is 4.84. The van der Waals surface area contributed by atoms with Gasteiger partial charge in [-0.2, -0.15) is 0 Å². The van der Waals surface area contributed by atoms with E-state index in [4.69, 9.17) is 4.74 Å². The molecule has 2 rings (SSSR count). The molecule has 0 aliphatic carbocycles. The highest BCUT2D eigenvalue weighted by molar-refractivity contribution is 5.33. The van der Waals surface area contributed by atoms with Gasteiger partial charge in [-0.15, -0.1) is 0 Å². The van der Waals surface area contributed by atoms with Crippen molar-refractivity contribution in [2.24, 2.45) is 0 Å². The zero-order valence-electron chi connectivity index (χ0n) is 12.3. The summed E-state index contributed by atoms with van der Waals surface area (Å²) in [6, 6.07) is 19.8. The molecular formula is C19H23O. The fraction of sp³-hybridized carbons (Fsp3) is 0.368. The van der Waals surface area contributed by atoms with E-state index in [9.17, 15) is 0 Å². The van der Waals surface area contributed by atoms with Crippen LogP contribution >= 0.6 is 0 Å². The molecule has 0 unspecified atom stereocenters. The molecule has 20 heavy (non-hydrogen) atoms. The van der Waals surface area contributed by atoms with Crippen LogP contribution in [0.2, 0.25) is 0 Å². The molecule has 0 aliphatic heterocycles. The summed E-state index contributed by atoms with van der Waals surface area (Å²) in [5, 5.41) is 0. The van der Waals surface area contributed by atoms with Crippen molar-refractivity contribution in [1.82, 2.24) is 0 Å². The van der Waals surface area contributed by atoms with E-state index in [0.717, 1.165) is 38.0 Å². The number of hydrogen-bond acceptors (Lipinski definition) is 1. The fourth-order valence-electron chi connectivity index (χ4n) is 2.24.